The molecule has 2 rings (SSSR count). The fourth-order valence-corrected chi connectivity index (χ4v) is 2.63. The van der Waals surface area contributed by atoms with Crippen LogP contribution in [0.4, 0.5) is 10.1 Å². The van der Waals surface area contributed by atoms with Crippen LogP contribution in [0.15, 0.2) is 18.2 Å². The van der Waals surface area contributed by atoms with Crippen LogP contribution in [-0.2, 0) is 0 Å². The Balaban J connectivity index is 2.15. The summed E-state index contributed by atoms with van der Waals surface area (Å²) in [5, 5.41) is 9.29. The number of hydrogen-bond acceptors (Lipinski definition) is 3. The highest BCUT2D eigenvalue weighted by Gasteiger charge is 2.29. The number of halogens is 1. The molecule has 1 aliphatic rings. The lowest BCUT2D eigenvalue weighted by atomic mass is 9.82. The Labute approximate surface area is 107 Å². The number of para-hydroxylation sites is 1. The predicted octanol–water partition coefficient (Wildman–Crippen LogP) is 2.05. The van der Waals surface area contributed by atoms with Gasteiger partial charge in [-0.2, -0.15) is 0 Å². The summed E-state index contributed by atoms with van der Waals surface area (Å²) in [6.07, 6.45) is 1.45. The standard InChI is InChI=1S/C14H21FN2O/c1-9(16)12-4-3-5-13(15)14(12)17(2)8-10-6-11(18)7-10/h3-5,9-11,18H,6-8,16H2,1-2H3. The molecule has 3 nitrogen and oxygen atoms in total. The first-order valence-electron chi connectivity index (χ1n) is 6.42. The van der Waals surface area contributed by atoms with Gasteiger partial charge in [0.1, 0.15) is 5.82 Å². The Morgan fingerprint density at radius 3 is 2.72 bits per heavy atom. The maximum absolute atomic E-state index is 14.0. The summed E-state index contributed by atoms with van der Waals surface area (Å²) in [6.45, 7) is 2.62. The molecule has 0 bridgehead atoms. The quantitative estimate of drug-likeness (QED) is 0.862. The van der Waals surface area contributed by atoms with Crippen LogP contribution in [0.3, 0.4) is 0 Å². The molecular formula is C14H21FN2O. The van der Waals surface area contributed by atoms with Gasteiger partial charge in [-0.25, -0.2) is 4.39 Å². The van der Waals surface area contributed by atoms with Gasteiger partial charge in [-0.05, 0) is 37.3 Å². The van der Waals surface area contributed by atoms with E-state index in [-0.39, 0.29) is 18.0 Å². The van der Waals surface area contributed by atoms with Crippen molar-refractivity contribution in [1.29, 1.82) is 0 Å². The molecule has 3 N–H and O–H groups in total. The zero-order chi connectivity index (χ0) is 13.3. The maximum Gasteiger partial charge on any atom is 0.146 e. The highest BCUT2D eigenvalue weighted by molar-refractivity contribution is 5.55. The van der Waals surface area contributed by atoms with E-state index in [1.165, 1.54) is 6.07 Å². The average Bonchev–Trinajstić information content (AvgIpc) is 2.26. The molecule has 1 aromatic rings. The van der Waals surface area contributed by atoms with Crippen molar-refractivity contribution < 1.29 is 9.50 Å². The molecule has 0 saturated heterocycles. The van der Waals surface area contributed by atoms with E-state index in [1.54, 1.807) is 6.07 Å². The summed E-state index contributed by atoms with van der Waals surface area (Å²) in [4.78, 5) is 1.92. The van der Waals surface area contributed by atoms with Crippen LogP contribution in [0.25, 0.3) is 0 Å². The van der Waals surface area contributed by atoms with E-state index in [0.29, 0.717) is 11.6 Å². The van der Waals surface area contributed by atoms with Gasteiger partial charge in [0, 0.05) is 19.6 Å². The van der Waals surface area contributed by atoms with E-state index >= 15 is 0 Å². The Kier molecular flexibility index (Phi) is 3.88. The van der Waals surface area contributed by atoms with Crippen LogP contribution in [0.1, 0.15) is 31.4 Å². The third-order valence-electron chi connectivity index (χ3n) is 3.63. The second kappa shape index (κ2) is 5.24. The number of hydrogen-bond donors (Lipinski definition) is 2. The summed E-state index contributed by atoms with van der Waals surface area (Å²) < 4.78 is 14.0. The van der Waals surface area contributed by atoms with Gasteiger partial charge in [-0.3, -0.25) is 0 Å². The van der Waals surface area contributed by atoms with E-state index in [1.807, 2.05) is 24.9 Å². The van der Waals surface area contributed by atoms with Crippen molar-refractivity contribution in [3.63, 3.8) is 0 Å². The lowest BCUT2D eigenvalue weighted by Crippen LogP contribution is -2.37. The Bertz CT molecular complexity index is 416. The summed E-state index contributed by atoms with van der Waals surface area (Å²) in [5.74, 6) is 0.220. The van der Waals surface area contributed by atoms with Crippen LogP contribution in [0.2, 0.25) is 0 Å². The molecule has 0 amide bonds. The smallest absolute Gasteiger partial charge is 0.146 e. The van der Waals surface area contributed by atoms with Crippen molar-refractivity contribution >= 4 is 5.69 Å². The normalized spacial score (nSPS) is 24.5. The summed E-state index contributed by atoms with van der Waals surface area (Å²) >= 11 is 0. The van der Waals surface area contributed by atoms with Crippen molar-refractivity contribution in [3.05, 3.63) is 29.6 Å². The van der Waals surface area contributed by atoms with E-state index < -0.39 is 0 Å². The second-order valence-corrected chi connectivity index (χ2v) is 5.34. The number of aliphatic hydroxyl groups is 1. The van der Waals surface area contributed by atoms with Gasteiger partial charge < -0.3 is 15.7 Å². The molecule has 1 aliphatic carbocycles. The van der Waals surface area contributed by atoms with Crippen LogP contribution in [-0.4, -0.2) is 24.8 Å². The molecule has 18 heavy (non-hydrogen) atoms. The summed E-state index contributed by atoms with van der Waals surface area (Å²) in [7, 11) is 1.88. The van der Waals surface area contributed by atoms with Crippen LogP contribution in [0.5, 0.6) is 0 Å². The largest absolute Gasteiger partial charge is 0.393 e. The second-order valence-electron chi connectivity index (χ2n) is 5.34. The highest BCUT2D eigenvalue weighted by atomic mass is 19.1. The molecule has 1 saturated carbocycles. The first kappa shape index (κ1) is 13.3. The minimum Gasteiger partial charge on any atom is -0.393 e. The minimum atomic E-state index is -0.229. The minimum absolute atomic E-state index is 0.170. The lowest BCUT2D eigenvalue weighted by Gasteiger charge is -2.36. The SMILES string of the molecule is CC(N)c1cccc(F)c1N(C)CC1CC(O)C1. The molecule has 1 aromatic carbocycles. The summed E-state index contributed by atoms with van der Waals surface area (Å²) in [5.41, 5.74) is 7.31. The van der Waals surface area contributed by atoms with Crippen molar-refractivity contribution in [3.8, 4) is 0 Å². The van der Waals surface area contributed by atoms with Crippen LogP contribution >= 0.6 is 0 Å². The fourth-order valence-electron chi connectivity index (χ4n) is 2.63. The topological polar surface area (TPSA) is 49.5 Å². The van der Waals surface area contributed by atoms with Crippen LogP contribution < -0.4 is 10.6 Å². The molecule has 0 radical (unpaired) electrons. The van der Waals surface area contributed by atoms with Gasteiger partial charge in [-0.15, -0.1) is 0 Å². The number of benzene rings is 1. The Hall–Kier alpha value is -1.13. The van der Waals surface area contributed by atoms with Gasteiger partial charge in [0.2, 0.25) is 0 Å². The number of nitrogens with zero attached hydrogens (tertiary/aromatic N) is 1. The van der Waals surface area contributed by atoms with E-state index in [4.69, 9.17) is 5.73 Å². The van der Waals surface area contributed by atoms with E-state index in [0.717, 1.165) is 24.9 Å². The summed E-state index contributed by atoms with van der Waals surface area (Å²) in [6, 6.07) is 4.84. The van der Waals surface area contributed by atoms with Gasteiger partial charge in [0.05, 0.1) is 11.8 Å². The number of nitrogens with two attached hydrogens (primary N) is 1. The first-order valence-corrected chi connectivity index (χ1v) is 6.42. The van der Waals surface area contributed by atoms with Gasteiger partial charge >= 0.3 is 0 Å². The van der Waals surface area contributed by atoms with Gasteiger partial charge in [0.15, 0.2) is 0 Å². The van der Waals surface area contributed by atoms with Gasteiger partial charge in [-0.1, -0.05) is 12.1 Å². The van der Waals surface area contributed by atoms with Crippen LogP contribution in [0, 0.1) is 11.7 Å². The third-order valence-corrected chi connectivity index (χ3v) is 3.63. The molecule has 0 aliphatic heterocycles. The van der Waals surface area contributed by atoms with E-state index in [2.05, 4.69) is 0 Å². The maximum atomic E-state index is 14.0. The first-order chi connectivity index (χ1) is 8.49. The molecular weight excluding hydrogens is 231 g/mol. The predicted molar refractivity (Wildman–Crippen MR) is 71.0 cm³/mol. The molecule has 0 aromatic heterocycles. The van der Waals surface area contributed by atoms with Crippen molar-refractivity contribution in [1.82, 2.24) is 0 Å². The average molecular weight is 252 g/mol. The van der Waals surface area contributed by atoms with Crippen molar-refractivity contribution in [2.45, 2.75) is 31.9 Å². The zero-order valence-corrected chi connectivity index (χ0v) is 10.9. The number of anilines is 1. The highest BCUT2D eigenvalue weighted by Crippen LogP contribution is 2.32. The molecule has 0 spiro atoms. The number of aliphatic hydroxyl groups excluding tert-OH is 1. The fraction of sp³-hybridized carbons (Fsp3) is 0.571. The molecule has 0 heterocycles. The zero-order valence-electron chi connectivity index (χ0n) is 10.9. The third kappa shape index (κ3) is 2.65. The molecule has 100 valence electrons. The monoisotopic (exact) mass is 252 g/mol. The number of rotatable bonds is 4. The molecule has 1 fully saturated rings. The lowest BCUT2D eigenvalue weighted by molar-refractivity contribution is 0.0464. The molecule has 1 atom stereocenters. The molecule has 1 unspecified atom stereocenters. The van der Waals surface area contributed by atoms with Crippen molar-refractivity contribution in [2.75, 3.05) is 18.5 Å². The molecule has 4 heteroatoms. The van der Waals surface area contributed by atoms with Gasteiger partial charge in [0.25, 0.3) is 0 Å². The van der Waals surface area contributed by atoms with E-state index in [9.17, 15) is 9.50 Å². The van der Waals surface area contributed by atoms with Crippen molar-refractivity contribution in [2.24, 2.45) is 11.7 Å². The Morgan fingerprint density at radius 1 is 1.50 bits per heavy atom. The Morgan fingerprint density at radius 2 is 2.17 bits per heavy atom.